The maximum atomic E-state index is 14.0. The molecule has 4 rings (SSSR count). The van der Waals surface area contributed by atoms with Gasteiger partial charge in [-0.1, -0.05) is 29.8 Å². The fourth-order valence-corrected chi connectivity index (χ4v) is 4.84. The van der Waals surface area contributed by atoms with Crippen LogP contribution in [-0.2, 0) is 10.5 Å². The SMILES string of the molecule is Cc1ccc(Cl)cc1N1CCN(C(=O)CSCc2nc(-c3ccccc3F)oc2C)CC1. The summed E-state index contributed by atoms with van der Waals surface area (Å²) in [6.45, 7) is 6.82. The quantitative estimate of drug-likeness (QED) is 0.484. The predicted octanol–water partition coefficient (Wildman–Crippen LogP) is 5.33. The third kappa shape index (κ3) is 5.10. The fourth-order valence-electron chi connectivity index (χ4n) is 3.76. The van der Waals surface area contributed by atoms with E-state index in [4.69, 9.17) is 16.0 Å². The lowest BCUT2D eigenvalue weighted by Crippen LogP contribution is -2.49. The van der Waals surface area contributed by atoms with Gasteiger partial charge in [0.15, 0.2) is 0 Å². The van der Waals surface area contributed by atoms with Crippen molar-refractivity contribution in [2.75, 3.05) is 36.8 Å². The third-order valence-electron chi connectivity index (χ3n) is 5.61. The fraction of sp³-hybridized carbons (Fsp3) is 0.333. The second-order valence-electron chi connectivity index (χ2n) is 7.79. The maximum absolute atomic E-state index is 14.0. The zero-order valence-electron chi connectivity index (χ0n) is 18.1. The molecule has 1 saturated heterocycles. The molecule has 8 heteroatoms. The molecule has 1 aromatic heterocycles. The van der Waals surface area contributed by atoms with Crippen LogP contribution in [0.1, 0.15) is 17.0 Å². The number of carbonyl (C=O) groups is 1. The van der Waals surface area contributed by atoms with Crippen LogP contribution in [0, 0.1) is 19.7 Å². The van der Waals surface area contributed by atoms with Crippen LogP contribution >= 0.6 is 23.4 Å². The molecule has 0 N–H and O–H groups in total. The van der Waals surface area contributed by atoms with Gasteiger partial charge in [-0.2, -0.15) is 0 Å². The second kappa shape index (κ2) is 9.96. The number of hydrogen-bond donors (Lipinski definition) is 0. The van der Waals surface area contributed by atoms with Crippen LogP contribution < -0.4 is 4.90 Å². The number of rotatable bonds is 6. The number of aryl methyl sites for hydroxylation is 2. The number of oxazole rings is 1. The highest BCUT2D eigenvalue weighted by atomic mass is 35.5. The van der Waals surface area contributed by atoms with Crippen LogP contribution in [0.4, 0.5) is 10.1 Å². The normalized spacial score (nSPS) is 14.1. The smallest absolute Gasteiger partial charge is 0.232 e. The van der Waals surface area contributed by atoms with Crippen LogP contribution in [0.15, 0.2) is 46.9 Å². The van der Waals surface area contributed by atoms with Crippen molar-refractivity contribution in [3.8, 4) is 11.5 Å². The largest absolute Gasteiger partial charge is 0.441 e. The minimum atomic E-state index is -0.366. The van der Waals surface area contributed by atoms with Gasteiger partial charge in [-0.25, -0.2) is 9.37 Å². The highest BCUT2D eigenvalue weighted by molar-refractivity contribution is 7.99. The molecule has 2 aromatic carbocycles. The highest BCUT2D eigenvalue weighted by Gasteiger charge is 2.22. The number of piperazine rings is 1. The van der Waals surface area contributed by atoms with Gasteiger partial charge in [-0.3, -0.25) is 4.79 Å². The van der Waals surface area contributed by atoms with Gasteiger partial charge in [0.2, 0.25) is 11.8 Å². The summed E-state index contributed by atoms with van der Waals surface area (Å²) in [6.07, 6.45) is 0. The summed E-state index contributed by atoms with van der Waals surface area (Å²) in [6, 6.07) is 12.3. The summed E-state index contributed by atoms with van der Waals surface area (Å²) in [7, 11) is 0. The molecule has 0 aliphatic carbocycles. The highest BCUT2D eigenvalue weighted by Crippen LogP contribution is 2.27. The van der Waals surface area contributed by atoms with Crippen molar-refractivity contribution in [3.63, 3.8) is 0 Å². The number of amides is 1. The number of carbonyl (C=O) groups excluding carboxylic acids is 1. The Kier molecular flexibility index (Phi) is 7.06. The average Bonchev–Trinajstić information content (AvgIpc) is 3.16. The summed E-state index contributed by atoms with van der Waals surface area (Å²) in [5.41, 5.74) is 3.40. The zero-order chi connectivity index (χ0) is 22.7. The second-order valence-corrected chi connectivity index (χ2v) is 9.22. The summed E-state index contributed by atoms with van der Waals surface area (Å²) >= 11 is 7.65. The Morgan fingerprint density at radius 2 is 1.91 bits per heavy atom. The Balaban J connectivity index is 1.28. The van der Waals surface area contributed by atoms with Crippen LogP contribution in [0.2, 0.25) is 5.02 Å². The van der Waals surface area contributed by atoms with Crippen molar-refractivity contribution in [2.45, 2.75) is 19.6 Å². The number of benzene rings is 2. The van der Waals surface area contributed by atoms with Gasteiger partial charge in [0.25, 0.3) is 0 Å². The van der Waals surface area contributed by atoms with E-state index in [1.165, 1.54) is 23.4 Å². The zero-order valence-corrected chi connectivity index (χ0v) is 19.7. The number of thioether (sulfide) groups is 1. The van der Waals surface area contributed by atoms with Crippen LogP contribution in [0.3, 0.4) is 0 Å². The van der Waals surface area contributed by atoms with E-state index in [2.05, 4.69) is 16.8 Å². The molecule has 0 spiro atoms. The molecule has 0 unspecified atom stereocenters. The van der Waals surface area contributed by atoms with E-state index >= 15 is 0 Å². The lowest BCUT2D eigenvalue weighted by atomic mass is 10.1. The van der Waals surface area contributed by atoms with E-state index < -0.39 is 0 Å². The Morgan fingerprint density at radius 3 is 2.66 bits per heavy atom. The first-order valence-electron chi connectivity index (χ1n) is 10.5. The van der Waals surface area contributed by atoms with Gasteiger partial charge in [0, 0.05) is 42.6 Å². The molecule has 32 heavy (non-hydrogen) atoms. The molecule has 0 saturated carbocycles. The summed E-state index contributed by atoms with van der Waals surface area (Å²) in [5, 5.41) is 0.724. The van der Waals surface area contributed by atoms with Crippen molar-refractivity contribution in [2.24, 2.45) is 0 Å². The lowest BCUT2D eigenvalue weighted by molar-refractivity contribution is -0.128. The topological polar surface area (TPSA) is 49.6 Å². The predicted molar refractivity (Wildman–Crippen MR) is 128 cm³/mol. The molecule has 1 amide bonds. The monoisotopic (exact) mass is 473 g/mol. The standard InChI is InChI=1S/C24H25ClFN3O2S/c1-16-7-8-18(25)13-22(16)28-9-11-29(12-10-28)23(30)15-32-14-21-17(2)31-24(27-21)19-5-3-4-6-20(19)26/h3-8,13H,9-12,14-15H2,1-2H3. The van der Waals surface area contributed by atoms with E-state index in [0.29, 0.717) is 35.9 Å². The Labute approximate surface area is 196 Å². The number of aromatic nitrogens is 1. The molecule has 0 bridgehead atoms. The Hall–Kier alpha value is -2.51. The molecule has 5 nitrogen and oxygen atoms in total. The minimum absolute atomic E-state index is 0.118. The maximum Gasteiger partial charge on any atom is 0.232 e. The Bertz CT molecular complexity index is 1110. The van der Waals surface area contributed by atoms with Crippen LogP contribution in [0.5, 0.6) is 0 Å². The van der Waals surface area contributed by atoms with Gasteiger partial charge in [-0.05, 0) is 43.7 Å². The van der Waals surface area contributed by atoms with Gasteiger partial charge >= 0.3 is 0 Å². The van der Waals surface area contributed by atoms with E-state index in [1.54, 1.807) is 18.2 Å². The van der Waals surface area contributed by atoms with Crippen LogP contribution in [0.25, 0.3) is 11.5 Å². The average molecular weight is 474 g/mol. The van der Waals surface area contributed by atoms with E-state index in [1.807, 2.05) is 30.0 Å². The summed E-state index contributed by atoms with van der Waals surface area (Å²) in [4.78, 5) is 21.3. The van der Waals surface area contributed by atoms with Crippen LogP contribution in [-0.4, -0.2) is 47.7 Å². The van der Waals surface area contributed by atoms with Crippen molar-refractivity contribution < 1.29 is 13.6 Å². The number of halogens is 2. The summed E-state index contributed by atoms with van der Waals surface area (Å²) < 4.78 is 19.6. The van der Waals surface area contributed by atoms with Crippen molar-refractivity contribution in [1.82, 2.24) is 9.88 Å². The number of anilines is 1. The first kappa shape index (κ1) is 22.7. The van der Waals surface area contributed by atoms with Gasteiger partial charge in [0.1, 0.15) is 11.6 Å². The molecule has 1 aliphatic heterocycles. The molecule has 1 fully saturated rings. The molecule has 168 valence electrons. The minimum Gasteiger partial charge on any atom is -0.441 e. The van der Waals surface area contributed by atoms with Crippen molar-refractivity contribution in [3.05, 3.63) is 70.3 Å². The van der Waals surface area contributed by atoms with Crippen molar-refractivity contribution in [1.29, 1.82) is 0 Å². The van der Waals surface area contributed by atoms with E-state index in [-0.39, 0.29) is 17.6 Å². The van der Waals surface area contributed by atoms with E-state index in [9.17, 15) is 9.18 Å². The van der Waals surface area contributed by atoms with Gasteiger partial charge in [-0.15, -0.1) is 11.8 Å². The third-order valence-corrected chi connectivity index (χ3v) is 6.77. The summed E-state index contributed by atoms with van der Waals surface area (Å²) in [5.74, 6) is 1.58. The van der Waals surface area contributed by atoms with Crippen molar-refractivity contribution >= 4 is 35.0 Å². The van der Waals surface area contributed by atoms with Gasteiger partial charge < -0.3 is 14.2 Å². The Morgan fingerprint density at radius 1 is 1.16 bits per heavy atom. The molecular weight excluding hydrogens is 449 g/mol. The molecule has 1 aliphatic rings. The first-order valence-corrected chi connectivity index (χ1v) is 12.0. The molecule has 0 atom stereocenters. The van der Waals surface area contributed by atoms with Gasteiger partial charge in [0.05, 0.1) is 17.0 Å². The number of nitrogens with zero attached hydrogens (tertiary/aromatic N) is 3. The molecule has 2 heterocycles. The molecule has 0 radical (unpaired) electrons. The number of hydrogen-bond acceptors (Lipinski definition) is 5. The molecule has 3 aromatic rings. The molecular formula is C24H25ClFN3O2S. The van der Waals surface area contributed by atoms with E-state index in [0.717, 1.165) is 29.5 Å². The lowest BCUT2D eigenvalue weighted by Gasteiger charge is -2.37. The first-order chi connectivity index (χ1) is 15.4.